The Morgan fingerprint density at radius 3 is 2.95 bits per heavy atom. The summed E-state index contributed by atoms with van der Waals surface area (Å²) in [4.78, 5) is 20.4. The lowest BCUT2D eigenvalue weighted by atomic mass is 10.2. The van der Waals surface area contributed by atoms with Crippen molar-refractivity contribution < 1.29 is 4.79 Å². The number of nitrogens with zero attached hydrogens (tertiary/aromatic N) is 2. The highest BCUT2D eigenvalue weighted by molar-refractivity contribution is 7.99. The van der Waals surface area contributed by atoms with Gasteiger partial charge in [-0.05, 0) is 19.1 Å². The third kappa shape index (κ3) is 2.21. The van der Waals surface area contributed by atoms with Crippen LogP contribution in [-0.2, 0) is 0 Å². The first-order valence-corrected chi connectivity index (χ1v) is 7.73. The number of para-hydroxylation sites is 1. The Kier molecular flexibility index (Phi) is 3.20. The maximum Gasteiger partial charge on any atom is 0.270 e. The number of thioether (sulfide) groups is 1. The van der Waals surface area contributed by atoms with Crippen LogP contribution in [0.5, 0.6) is 0 Å². The molecule has 1 aromatic heterocycles. The van der Waals surface area contributed by atoms with Crippen molar-refractivity contribution in [2.45, 2.75) is 11.8 Å². The van der Waals surface area contributed by atoms with Crippen molar-refractivity contribution in [2.24, 2.45) is 0 Å². The number of hydrogen-bond donors (Lipinski definition) is 1. The number of anilines is 2. The summed E-state index contributed by atoms with van der Waals surface area (Å²) in [6, 6.07) is 7.99. The fourth-order valence-corrected chi connectivity index (χ4v) is 3.90. The Morgan fingerprint density at radius 1 is 1.42 bits per heavy atom. The van der Waals surface area contributed by atoms with E-state index in [1.54, 1.807) is 11.8 Å². The lowest BCUT2D eigenvalue weighted by molar-refractivity contribution is 0.0991. The summed E-state index contributed by atoms with van der Waals surface area (Å²) in [6.45, 7) is 2.54. The second kappa shape index (κ2) is 4.86. The monoisotopic (exact) mass is 291 g/mol. The first-order valence-electron chi connectivity index (χ1n) is 5.93. The predicted molar refractivity (Wildman–Crippen MR) is 80.1 cm³/mol. The number of carbonyl (C=O) groups is 1. The first kappa shape index (κ1) is 12.5. The molecule has 1 aliphatic heterocycles. The lowest BCUT2D eigenvalue weighted by Crippen LogP contribution is -2.35. The minimum Gasteiger partial charge on any atom is -0.375 e. The van der Waals surface area contributed by atoms with Crippen molar-refractivity contribution in [1.82, 2.24) is 4.98 Å². The molecule has 1 amide bonds. The molecule has 1 aromatic carbocycles. The molecule has 0 saturated carbocycles. The van der Waals surface area contributed by atoms with E-state index in [1.165, 1.54) is 11.3 Å². The molecule has 2 aromatic rings. The van der Waals surface area contributed by atoms with Crippen LogP contribution in [0.2, 0.25) is 0 Å². The highest BCUT2D eigenvalue weighted by atomic mass is 32.2. The van der Waals surface area contributed by atoms with Gasteiger partial charge in [0.25, 0.3) is 5.91 Å². The third-order valence-corrected chi connectivity index (χ3v) is 5.00. The number of amides is 1. The van der Waals surface area contributed by atoms with Gasteiger partial charge in [-0.3, -0.25) is 4.79 Å². The zero-order chi connectivity index (χ0) is 13.4. The van der Waals surface area contributed by atoms with E-state index in [9.17, 15) is 4.79 Å². The Hall–Kier alpha value is -1.53. The molecule has 0 saturated heterocycles. The smallest absolute Gasteiger partial charge is 0.270 e. The molecule has 0 spiro atoms. The largest absolute Gasteiger partial charge is 0.375 e. The maximum atomic E-state index is 12.6. The highest BCUT2D eigenvalue weighted by Gasteiger charge is 2.26. The zero-order valence-electron chi connectivity index (χ0n) is 10.4. The molecular weight excluding hydrogens is 278 g/mol. The number of aromatic nitrogens is 1. The molecule has 4 nitrogen and oxygen atoms in total. The van der Waals surface area contributed by atoms with E-state index in [0.717, 1.165) is 22.9 Å². The summed E-state index contributed by atoms with van der Waals surface area (Å²) >= 11 is 3.04. The summed E-state index contributed by atoms with van der Waals surface area (Å²) < 4.78 is 0. The number of nitrogen functional groups attached to an aromatic ring is 1. The number of aryl methyl sites for hydroxylation is 1. The minimum absolute atomic E-state index is 0.000509. The van der Waals surface area contributed by atoms with Crippen LogP contribution < -0.4 is 10.6 Å². The molecule has 3 rings (SSSR count). The number of fused-ring (bicyclic) bond motifs is 1. The van der Waals surface area contributed by atoms with Gasteiger partial charge in [-0.2, -0.15) is 0 Å². The van der Waals surface area contributed by atoms with Gasteiger partial charge in [0.1, 0.15) is 4.88 Å². The highest BCUT2D eigenvalue weighted by Crippen LogP contribution is 2.36. The summed E-state index contributed by atoms with van der Waals surface area (Å²) in [5, 5.41) is 0.445. The van der Waals surface area contributed by atoms with E-state index in [0.29, 0.717) is 15.7 Å². The average molecular weight is 291 g/mol. The fraction of sp³-hybridized carbons (Fsp3) is 0.231. The molecule has 0 fully saturated rings. The van der Waals surface area contributed by atoms with Crippen molar-refractivity contribution in [3.8, 4) is 0 Å². The zero-order valence-corrected chi connectivity index (χ0v) is 12.1. The topological polar surface area (TPSA) is 59.2 Å². The van der Waals surface area contributed by atoms with Crippen molar-refractivity contribution in [1.29, 1.82) is 0 Å². The Balaban J connectivity index is 2.00. The first-order chi connectivity index (χ1) is 9.16. The van der Waals surface area contributed by atoms with Crippen LogP contribution in [0.3, 0.4) is 0 Å². The van der Waals surface area contributed by atoms with Crippen molar-refractivity contribution in [3.05, 3.63) is 34.8 Å². The quantitative estimate of drug-likeness (QED) is 0.877. The van der Waals surface area contributed by atoms with Gasteiger partial charge in [-0.15, -0.1) is 11.8 Å². The van der Waals surface area contributed by atoms with Crippen LogP contribution in [0.4, 0.5) is 10.8 Å². The summed E-state index contributed by atoms with van der Waals surface area (Å²) in [5.74, 6) is 0.912. The summed E-state index contributed by atoms with van der Waals surface area (Å²) in [7, 11) is 0. The SMILES string of the molecule is Cc1nc(N)sc1C(=O)N1CCSc2ccccc21. The molecule has 0 bridgehead atoms. The number of rotatable bonds is 1. The maximum absolute atomic E-state index is 12.6. The number of hydrogen-bond acceptors (Lipinski definition) is 5. The molecule has 1 aliphatic rings. The van der Waals surface area contributed by atoms with Gasteiger partial charge in [-0.1, -0.05) is 23.5 Å². The van der Waals surface area contributed by atoms with Crippen molar-refractivity contribution in [3.63, 3.8) is 0 Å². The average Bonchev–Trinajstić information content (AvgIpc) is 2.76. The lowest BCUT2D eigenvalue weighted by Gasteiger charge is -2.28. The van der Waals surface area contributed by atoms with Gasteiger partial charge < -0.3 is 10.6 Å². The molecule has 19 heavy (non-hydrogen) atoms. The predicted octanol–water partition coefficient (Wildman–Crippen LogP) is 2.79. The molecule has 0 aliphatic carbocycles. The van der Waals surface area contributed by atoms with E-state index >= 15 is 0 Å². The van der Waals surface area contributed by atoms with Crippen LogP contribution in [0, 0.1) is 6.92 Å². The second-order valence-corrected chi connectivity index (χ2v) is 6.41. The molecule has 0 radical (unpaired) electrons. The Labute approximate surface area is 119 Å². The van der Waals surface area contributed by atoms with Crippen LogP contribution in [0.1, 0.15) is 15.4 Å². The van der Waals surface area contributed by atoms with E-state index in [-0.39, 0.29) is 5.91 Å². The molecule has 0 unspecified atom stereocenters. The van der Waals surface area contributed by atoms with Gasteiger partial charge in [0, 0.05) is 17.2 Å². The molecule has 0 atom stereocenters. The normalized spacial score (nSPS) is 14.3. The van der Waals surface area contributed by atoms with Crippen molar-refractivity contribution in [2.75, 3.05) is 22.9 Å². The van der Waals surface area contributed by atoms with E-state index in [2.05, 4.69) is 4.98 Å². The number of carbonyl (C=O) groups excluding carboxylic acids is 1. The van der Waals surface area contributed by atoms with Gasteiger partial charge in [0.2, 0.25) is 0 Å². The van der Waals surface area contributed by atoms with E-state index in [1.807, 2.05) is 36.1 Å². The van der Waals surface area contributed by atoms with Gasteiger partial charge in [0.05, 0.1) is 11.4 Å². The Morgan fingerprint density at radius 2 is 2.21 bits per heavy atom. The molecule has 6 heteroatoms. The van der Waals surface area contributed by atoms with Crippen LogP contribution in [0.25, 0.3) is 0 Å². The second-order valence-electron chi connectivity index (χ2n) is 4.24. The third-order valence-electron chi connectivity index (χ3n) is 2.98. The molecule has 98 valence electrons. The number of thiazole rings is 1. The molecule has 2 heterocycles. The van der Waals surface area contributed by atoms with Crippen LogP contribution >= 0.6 is 23.1 Å². The van der Waals surface area contributed by atoms with Crippen LogP contribution in [0.15, 0.2) is 29.2 Å². The molecular formula is C13H13N3OS2. The number of nitrogens with two attached hydrogens (primary N) is 1. The fourth-order valence-electron chi connectivity index (χ4n) is 2.12. The van der Waals surface area contributed by atoms with Gasteiger partial charge >= 0.3 is 0 Å². The van der Waals surface area contributed by atoms with E-state index in [4.69, 9.17) is 5.73 Å². The van der Waals surface area contributed by atoms with Gasteiger partial charge in [-0.25, -0.2) is 4.98 Å². The Bertz CT molecular complexity index is 639. The minimum atomic E-state index is -0.000509. The van der Waals surface area contributed by atoms with Gasteiger partial charge in [0.15, 0.2) is 5.13 Å². The number of benzene rings is 1. The van der Waals surface area contributed by atoms with Crippen LogP contribution in [-0.4, -0.2) is 23.2 Å². The molecule has 2 N–H and O–H groups in total. The van der Waals surface area contributed by atoms with Crippen molar-refractivity contribution >= 4 is 39.8 Å². The summed E-state index contributed by atoms with van der Waals surface area (Å²) in [6.07, 6.45) is 0. The van der Waals surface area contributed by atoms with E-state index < -0.39 is 0 Å². The summed E-state index contributed by atoms with van der Waals surface area (Å²) in [5.41, 5.74) is 7.37. The standard InChI is InChI=1S/C13H13N3OS2/c1-8-11(19-13(14)15-8)12(17)16-6-7-18-10-5-3-2-4-9(10)16/h2-5H,6-7H2,1H3,(H2,14,15).